The Morgan fingerprint density at radius 1 is 1.44 bits per heavy atom. The van der Waals surface area contributed by atoms with E-state index in [1.54, 1.807) is 27.7 Å². The second kappa shape index (κ2) is 3.98. The number of ether oxygens (including phenoxy) is 1. The second-order valence-corrected chi connectivity index (χ2v) is 5.32. The van der Waals surface area contributed by atoms with E-state index in [0.29, 0.717) is 6.42 Å². The van der Waals surface area contributed by atoms with E-state index in [1.165, 1.54) is 7.11 Å². The summed E-state index contributed by atoms with van der Waals surface area (Å²) in [5.74, 6) is -0.305. The maximum absolute atomic E-state index is 11.5. The molecule has 5 nitrogen and oxygen atoms in total. The molecule has 2 atom stereocenters. The molecule has 0 heterocycles. The zero-order chi connectivity index (χ0) is 12.6. The monoisotopic (exact) mass is 232 g/mol. The minimum Gasteiger partial charge on any atom is -0.469 e. The Balaban J connectivity index is 2.55. The summed E-state index contributed by atoms with van der Waals surface area (Å²) in [4.78, 5) is 21.9. The molecule has 0 amide bonds. The van der Waals surface area contributed by atoms with E-state index in [2.05, 4.69) is 0 Å². The van der Waals surface area contributed by atoms with Gasteiger partial charge >= 0.3 is 5.97 Å². The van der Waals surface area contributed by atoms with E-state index in [0.717, 1.165) is 0 Å². The zero-order valence-corrected chi connectivity index (χ0v) is 10.5. The zero-order valence-electron chi connectivity index (χ0n) is 10.5. The van der Waals surface area contributed by atoms with Gasteiger partial charge in [0, 0.05) is 0 Å². The van der Waals surface area contributed by atoms with Crippen LogP contribution in [0.5, 0.6) is 0 Å². The molecule has 16 heavy (non-hydrogen) atoms. The SMILES string of the molecule is COC(=O)C1(C)CC1(C)OOC(C)(C)CO. The molecule has 0 aromatic rings. The van der Waals surface area contributed by atoms with Crippen molar-refractivity contribution in [2.45, 2.75) is 45.3 Å². The fraction of sp³-hybridized carbons (Fsp3) is 0.909. The molecule has 0 aliphatic heterocycles. The summed E-state index contributed by atoms with van der Waals surface area (Å²) in [6.45, 7) is 6.81. The van der Waals surface area contributed by atoms with E-state index >= 15 is 0 Å². The Hall–Kier alpha value is -0.650. The van der Waals surface area contributed by atoms with Crippen LogP contribution in [0, 0.1) is 5.41 Å². The van der Waals surface area contributed by atoms with Gasteiger partial charge < -0.3 is 9.84 Å². The number of aliphatic hydroxyl groups excluding tert-OH is 1. The fourth-order valence-corrected chi connectivity index (χ4v) is 1.50. The van der Waals surface area contributed by atoms with E-state index < -0.39 is 16.6 Å². The molecule has 5 heteroatoms. The lowest BCUT2D eigenvalue weighted by Gasteiger charge is -2.24. The van der Waals surface area contributed by atoms with Crippen molar-refractivity contribution in [3.63, 3.8) is 0 Å². The smallest absolute Gasteiger partial charge is 0.314 e. The van der Waals surface area contributed by atoms with Crippen LogP contribution in [0.3, 0.4) is 0 Å². The molecule has 1 rings (SSSR count). The van der Waals surface area contributed by atoms with Gasteiger partial charge in [-0.2, -0.15) is 0 Å². The van der Waals surface area contributed by atoms with Gasteiger partial charge in [0.1, 0.15) is 11.2 Å². The van der Waals surface area contributed by atoms with Crippen LogP contribution in [0.15, 0.2) is 0 Å². The van der Waals surface area contributed by atoms with Crippen molar-refractivity contribution in [3.8, 4) is 0 Å². The molecule has 2 unspecified atom stereocenters. The molecule has 94 valence electrons. The highest BCUT2D eigenvalue weighted by Gasteiger charge is 2.70. The molecule has 0 aromatic heterocycles. The molecule has 0 spiro atoms. The third-order valence-electron chi connectivity index (χ3n) is 3.20. The quantitative estimate of drug-likeness (QED) is 0.436. The van der Waals surface area contributed by atoms with Crippen LogP contribution in [0.1, 0.15) is 34.1 Å². The van der Waals surface area contributed by atoms with Crippen molar-refractivity contribution in [3.05, 3.63) is 0 Å². The van der Waals surface area contributed by atoms with Gasteiger partial charge in [0.25, 0.3) is 0 Å². The van der Waals surface area contributed by atoms with E-state index in [1.807, 2.05) is 0 Å². The average molecular weight is 232 g/mol. The normalized spacial score (nSPS) is 33.6. The lowest BCUT2D eigenvalue weighted by atomic mass is 10.1. The molecular formula is C11H20O5. The Morgan fingerprint density at radius 2 is 2.00 bits per heavy atom. The topological polar surface area (TPSA) is 65.0 Å². The maximum Gasteiger partial charge on any atom is 0.314 e. The number of hydrogen-bond donors (Lipinski definition) is 1. The van der Waals surface area contributed by atoms with Crippen LogP contribution < -0.4 is 0 Å². The third kappa shape index (κ3) is 2.21. The van der Waals surface area contributed by atoms with Gasteiger partial charge in [-0.05, 0) is 34.1 Å². The fourth-order valence-electron chi connectivity index (χ4n) is 1.50. The van der Waals surface area contributed by atoms with Crippen LogP contribution >= 0.6 is 0 Å². The highest BCUT2D eigenvalue weighted by molar-refractivity contribution is 5.82. The Bertz CT molecular complexity index is 288. The summed E-state index contributed by atoms with van der Waals surface area (Å²) in [5, 5.41) is 9.00. The Kier molecular flexibility index (Phi) is 3.34. The van der Waals surface area contributed by atoms with Crippen molar-refractivity contribution in [2.24, 2.45) is 5.41 Å². The Labute approximate surface area is 95.6 Å². The number of methoxy groups -OCH3 is 1. The minimum absolute atomic E-state index is 0.155. The van der Waals surface area contributed by atoms with E-state index in [9.17, 15) is 4.79 Å². The number of esters is 1. The first-order valence-electron chi connectivity index (χ1n) is 5.27. The predicted octanol–water partition coefficient (Wildman–Crippen LogP) is 1.05. The number of carbonyl (C=O) groups excluding carboxylic acids is 1. The number of hydrogen-bond acceptors (Lipinski definition) is 5. The number of carbonyl (C=O) groups is 1. The molecule has 0 saturated heterocycles. The van der Waals surface area contributed by atoms with Crippen LogP contribution in [0.2, 0.25) is 0 Å². The Morgan fingerprint density at radius 3 is 2.44 bits per heavy atom. The van der Waals surface area contributed by atoms with Gasteiger partial charge in [0.15, 0.2) is 0 Å². The standard InChI is InChI=1S/C11H20O5/c1-9(2,7-12)15-16-11(4)6-10(11,3)8(13)14-5/h12H,6-7H2,1-5H3. The molecule has 1 N–H and O–H groups in total. The van der Waals surface area contributed by atoms with Crippen LogP contribution in [-0.2, 0) is 19.3 Å². The molecule has 0 bridgehead atoms. The summed E-state index contributed by atoms with van der Waals surface area (Å²) >= 11 is 0. The molecular weight excluding hydrogens is 212 g/mol. The van der Waals surface area contributed by atoms with Crippen LogP contribution in [0.4, 0.5) is 0 Å². The van der Waals surface area contributed by atoms with E-state index in [4.69, 9.17) is 19.6 Å². The van der Waals surface area contributed by atoms with Gasteiger partial charge in [-0.15, -0.1) is 0 Å². The summed E-state index contributed by atoms with van der Waals surface area (Å²) < 4.78 is 4.71. The lowest BCUT2D eigenvalue weighted by Crippen LogP contribution is -2.34. The molecule has 0 aromatic carbocycles. The molecule has 1 fully saturated rings. The average Bonchev–Trinajstić information content (AvgIpc) is 2.80. The molecule has 0 radical (unpaired) electrons. The molecule has 1 aliphatic rings. The predicted molar refractivity (Wildman–Crippen MR) is 56.5 cm³/mol. The highest BCUT2D eigenvalue weighted by Crippen LogP contribution is 2.59. The first-order valence-corrected chi connectivity index (χ1v) is 5.27. The van der Waals surface area contributed by atoms with Crippen molar-refractivity contribution in [1.82, 2.24) is 0 Å². The number of aliphatic hydroxyl groups is 1. The summed E-state index contributed by atoms with van der Waals surface area (Å²) in [5.41, 5.74) is -2.11. The summed E-state index contributed by atoms with van der Waals surface area (Å²) in [6, 6.07) is 0. The first kappa shape index (κ1) is 13.4. The van der Waals surface area contributed by atoms with Crippen molar-refractivity contribution in [2.75, 3.05) is 13.7 Å². The molecule has 1 aliphatic carbocycles. The lowest BCUT2D eigenvalue weighted by molar-refractivity contribution is -0.392. The van der Waals surface area contributed by atoms with Crippen molar-refractivity contribution in [1.29, 1.82) is 0 Å². The van der Waals surface area contributed by atoms with Gasteiger partial charge in [-0.1, -0.05) is 0 Å². The van der Waals surface area contributed by atoms with E-state index in [-0.39, 0.29) is 12.6 Å². The minimum atomic E-state index is -0.775. The van der Waals surface area contributed by atoms with Gasteiger partial charge in [0.05, 0.1) is 19.1 Å². The van der Waals surface area contributed by atoms with Crippen LogP contribution in [-0.4, -0.2) is 36.0 Å². The van der Waals surface area contributed by atoms with Crippen molar-refractivity contribution < 1.29 is 24.4 Å². The molecule has 1 saturated carbocycles. The van der Waals surface area contributed by atoms with Crippen molar-refractivity contribution >= 4 is 5.97 Å². The van der Waals surface area contributed by atoms with Gasteiger partial charge in [-0.3, -0.25) is 4.79 Å². The number of rotatable bonds is 5. The third-order valence-corrected chi connectivity index (χ3v) is 3.20. The maximum atomic E-state index is 11.5. The first-order chi connectivity index (χ1) is 7.21. The van der Waals surface area contributed by atoms with Gasteiger partial charge in [0.2, 0.25) is 0 Å². The van der Waals surface area contributed by atoms with Gasteiger partial charge in [-0.25, -0.2) is 9.78 Å². The second-order valence-electron chi connectivity index (χ2n) is 5.32. The summed E-state index contributed by atoms with van der Waals surface area (Å²) in [6.07, 6.45) is 0.550. The largest absolute Gasteiger partial charge is 0.469 e. The highest BCUT2D eigenvalue weighted by atomic mass is 17.2. The van der Waals surface area contributed by atoms with Crippen LogP contribution in [0.25, 0.3) is 0 Å². The summed E-state index contributed by atoms with van der Waals surface area (Å²) in [7, 11) is 1.35.